The van der Waals surface area contributed by atoms with Crippen LogP contribution in [-0.4, -0.2) is 19.1 Å². The normalized spacial score (nSPS) is 18.7. The molecule has 0 heterocycles. The molecule has 1 amide bonds. The van der Waals surface area contributed by atoms with Crippen LogP contribution in [0.4, 0.5) is 4.39 Å². The van der Waals surface area contributed by atoms with Gasteiger partial charge >= 0.3 is 0 Å². The van der Waals surface area contributed by atoms with Crippen molar-refractivity contribution in [3.05, 3.63) is 65.0 Å². The number of rotatable bonds is 7. The van der Waals surface area contributed by atoms with E-state index >= 15 is 0 Å². The molecule has 31 heavy (non-hydrogen) atoms. The zero-order chi connectivity index (χ0) is 22.2. The fourth-order valence-corrected chi connectivity index (χ4v) is 3.77. The molecule has 6 heteroatoms. The molecular formula is C25H27FN2O3. The van der Waals surface area contributed by atoms with Crippen molar-refractivity contribution < 1.29 is 18.7 Å². The maximum atomic E-state index is 13.3. The minimum atomic E-state index is -0.355. The van der Waals surface area contributed by atoms with Crippen LogP contribution in [0.3, 0.4) is 0 Å². The van der Waals surface area contributed by atoms with Crippen LogP contribution in [0.5, 0.6) is 11.5 Å². The molecule has 1 N–H and O–H groups in total. The molecule has 0 aliphatic heterocycles. The number of nitrogens with one attached hydrogen (secondary N) is 1. The molecule has 0 radical (unpaired) electrons. The monoisotopic (exact) mass is 422 g/mol. The lowest BCUT2D eigenvalue weighted by Crippen LogP contribution is -2.41. The topological polar surface area (TPSA) is 71.3 Å². The Morgan fingerprint density at radius 3 is 2.74 bits per heavy atom. The molecule has 2 aromatic rings. The van der Waals surface area contributed by atoms with Gasteiger partial charge in [-0.15, -0.1) is 0 Å². The summed E-state index contributed by atoms with van der Waals surface area (Å²) in [6.45, 7) is 2.32. The minimum absolute atomic E-state index is 0.0493. The summed E-state index contributed by atoms with van der Waals surface area (Å²) in [5.74, 6) is 0.684. The van der Waals surface area contributed by atoms with Gasteiger partial charge in [0.25, 0.3) is 5.91 Å². The third kappa shape index (κ3) is 6.08. The average molecular weight is 423 g/mol. The standard InChI is InChI=1S/C25H27FN2O3/c1-17-6-3-4-9-22(17)28-25(29)20(15-27)12-18-10-11-23(24(14-18)30-2)31-16-19-7-5-8-21(26)13-19/h5,7-8,10-14,17,22H,3-4,6,9,16H2,1-2H3,(H,28,29)/b20-12+/t17-,22+/m1/s1. The van der Waals surface area contributed by atoms with Gasteiger partial charge in [0, 0.05) is 6.04 Å². The van der Waals surface area contributed by atoms with Crippen molar-refractivity contribution in [1.29, 1.82) is 5.26 Å². The smallest absolute Gasteiger partial charge is 0.262 e. The van der Waals surface area contributed by atoms with Gasteiger partial charge in [-0.1, -0.05) is 38.0 Å². The SMILES string of the molecule is COc1cc(/C=C(\C#N)C(=O)N[C@H]2CCCC[C@H]2C)ccc1OCc1cccc(F)c1. The third-order valence-corrected chi connectivity index (χ3v) is 5.58. The molecule has 2 aromatic carbocycles. The molecule has 1 aliphatic rings. The minimum Gasteiger partial charge on any atom is -0.493 e. The van der Waals surface area contributed by atoms with Gasteiger partial charge in [0.2, 0.25) is 0 Å². The largest absolute Gasteiger partial charge is 0.493 e. The summed E-state index contributed by atoms with van der Waals surface area (Å²) in [5, 5.41) is 12.5. The van der Waals surface area contributed by atoms with E-state index in [1.807, 2.05) is 6.07 Å². The Bertz CT molecular complexity index is 997. The summed E-state index contributed by atoms with van der Waals surface area (Å²) in [5.41, 5.74) is 1.40. The van der Waals surface area contributed by atoms with Crippen molar-refractivity contribution in [3.63, 3.8) is 0 Å². The van der Waals surface area contributed by atoms with E-state index in [2.05, 4.69) is 12.2 Å². The zero-order valence-corrected chi connectivity index (χ0v) is 17.9. The second kappa shape index (κ2) is 10.6. The number of benzene rings is 2. The van der Waals surface area contributed by atoms with Crippen molar-refractivity contribution in [2.75, 3.05) is 7.11 Å². The van der Waals surface area contributed by atoms with Crippen molar-refractivity contribution in [2.45, 2.75) is 45.3 Å². The number of amides is 1. The van der Waals surface area contributed by atoms with Gasteiger partial charge in [0.15, 0.2) is 11.5 Å². The highest BCUT2D eigenvalue weighted by Gasteiger charge is 2.24. The molecule has 1 fully saturated rings. The fraction of sp³-hybridized carbons (Fsp3) is 0.360. The average Bonchev–Trinajstić information content (AvgIpc) is 2.77. The molecule has 1 saturated carbocycles. The Hall–Kier alpha value is -3.33. The number of halogens is 1. The molecule has 1 aliphatic carbocycles. The van der Waals surface area contributed by atoms with Crippen molar-refractivity contribution in [2.24, 2.45) is 5.92 Å². The quantitative estimate of drug-likeness (QED) is 0.503. The van der Waals surface area contributed by atoms with Gasteiger partial charge in [-0.05, 0) is 60.2 Å². The summed E-state index contributed by atoms with van der Waals surface area (Å²) < 4.78 is 24.5. The number of carbonyl (C=O) groups is 1. The molecule has 5 nitrogen and oxygen atoms in total. The van der Waals surface area contributed by atoms with Crippen molar-refractivity contribution >= 4 is 12.0 Å². The third-order valence-electron chi connectivity index (χ3n) is 5.58. The highest BCUT2D eigenvalue weighted by Crippen LogP contribution is 2.30. The number of ether oxygens (including phenoxy) is 2. The van der Waals surface area contributed by atoms with E-state index in [0.717, 1.165) is 19.3 Å². The van der Waals surface area contributed by atoms with E-state index in [9.17, 15) is 14.4 Å². The number of hydrogen-bond donors (Lipinski definition) is 1. The predicted molar refractivity (Wildman–Crippen MR) is 117 cm³/mol. The number of methoxy groups -OCH3 is 1. The lowest BCUT2D eigenvalue weighted by molar-refractivity contribution is -0.118. The van der Waals surface area contributed by atoms with Gasteiger partial charge < -0.3 is 14.8 Å². The van der Waals surface area contributed by atoms with Crippen LogP contribution < -0.4 is 14.8 Å². The van der Waals surface area contributed by atoms with Gasteiger partial charge in [-0.25, -0.2) is 4.39 Å². The maximum absolute atomic E-state index is 13.3. The van der Waals surface area contributed by atoms with Crippen LogP contribution in [-0.2, 0) is 11.4 Å². The second-order valence-corrected chi connectivity index (χ2v) is 7.84. The molecular weight excluding hydrogens is 395 g/mol. The van der Waals surface area contributed by atoms with E-state index in [4.69, 9.17) is 9.47 Å². The number of hydrogen-bond acceptors (Lipinski definition) is 4. The molecule has 0 saturated heterocycles. The summed E-state index contributed by atoms with van der Waals surface area (Å²) in [6, 6.07) is 13.5. The van der Waals surface area contributed by atoms with Crippen LogP contribution in [0, 0.1) is 23.1 Å². The van der Waals surface area contributed by atoms with Gasteiger partial charge in [-0.2, -0.15) is 5.26 Å². The number of nitriles is 1. The zero-order valence-electron chi connectivity index (χ0n) is 17.9. The lowest BCUT2D eigenvalue weighted by atomic mass is 9.86. The molecule has 162 valence electrons. The summed E-state index contributed by atoms with van der Waals surface area (Å²) in [6.07, 6.45) is 5.85. The lowest BCUT2D eigenvalue weighted by Gasteiger charge is -2.29. The van der Waals surface area contributed by atoms with Gasteiger partial charge in [0.05, 0.1) is 7.11 Å². The van der Waals surface area contributed by atoms with Crippen LogP contribution in [0.2, 0.25) is 0 Å². The Balaban J connectivity index is 1.71. The van der Waals surface area contributed by atoms with Crippen molar-refractivity contribution in [1.82, 2.24) is 5.32 Å². The number of carbonyl (C=O) groups excluding carboxylic acids is 1. The first-order valence-electron chi connectivity index (χ1n) is 10.5. The Kier molecular flexibility index (Phi) is 7.66. The van der Waals surface area contributed by atoms with E-state index in [1.54, 1.807) is 36.4 Å². The van der Waals surface area contributed by atoms with E-state index in [1.165, 1.54) is 25.7 Å². The van der Waals surface area contributed by atoms with Crippen LogP contribution in [0.15, 0.2) is 48.0 Å². The van der Waals surface area contributed by atoms with Crippen LogP contribution >= 0.6 is 0 Å². The summed E-state index contributed by atoms with van der Waals surface area (Å²) in [7, 11) is 1.51. The Labute approximate surface area is 182 Å². The molecule has 0 aromatic heterocycles. The molecule has 3 rings (SSSR count). The van der Waals surface area contributed by atoms with E-state index < -0.39 is 0 Å². The summed E-state index contributed by atoms with van der Waals surface area (Å²) >= 11 is 0. The second-order valence-electron chi connectivity index (χ2n) is 7.84. The first-order valence-corrected chi connectivity index (χ1v) is 10.5. The first-order chi connectivity index (χ1) is 15.0. The van der Waals surface area contributed by atoms with E-state index in [-0.39, 0.29) is 29.9 Å². The predicted octanol–water partition coefficient (Wildman–Crippen LogP) is 5.02. The molecule has 0 spiro atoms. The Morgan fingerprint density at radius 1 is 1.23 bits per heavy atom. The fourth-order valence-electron chi connectivity index (χ4n) is 3.77. The highest BCUT2D eigenvalue weighted by molar-refractivity contribution is 6.01. The van der Waals surface area contributed by atoms with Crippen LogP contribution in [0.25, 0.3) is 6.08 Å². The Morgan fingerprint density at radius 2 is 2.03 bits per heavy atom. The van der Waals surface area contributed by atoms with Gasteiger partial charge in [-0.3, -0.25) is 4.79 Å². The molecule has 0 unspecified atom stereocenters. The molecule has 0 bridgehead atoms. The van der Waals surface area contributed by atoms with E-state index in [0.29, 0.717) is 28.5 Å². The first kappa shape index (κ1) is 22.4. The summed E-state index contributed by atoms with van der Waals surface area (Å²) in [4.78, 5) is 12.6. The highest BCUT2D eigenvalue weighted by atomic mass is 19.1. The van der Waals surface area contributed by atoms with Gasteiger partial charge in [0.1, 0.15) is 24.1 Å². The van der Waals surface area contributed by atoms with Crippen LogP contribution in [0.1, 0.15) is 43.7 Å². The van der Waals surface area contributed by atoms with Crippen molar-refractivity contribution in [3.8, 4) is 17.6 Å². The number of nitrogens with zero attached hydrogens (tertiary/aromatic N) is 1. The maximum Gasteiger partial charge on any atom is 0.262 e. The molecule has 2 atom stereocenters.